The highest BCUT2D eigenvalue weighted by molar-refractivity contribution is 7.80. The summed E-state index contributed by atoms with van der Waals surface area (Å²) in [7, 11) is 1.38. The first-order valence-electron chi connectivity index (χ1n) is 6.20. The molecule has 1 aromatic carbocycles. The molecule has 0 saturated heterocycles. The van der Waals surface area contributed by atoms with Gasteiger partial charge in [-0.25, -0.2) is 4.79 Å². The zero-order valence-electron chi connectivity index (χ0n) is 11.5. The molecule has 0 aliphatic heterocycles. The van der Waals surface area contributed by atoms with E-state index in [0.717, 1.165) is 10.1 Å². The molecule has 106 valence electrons. The smallest absolute Gasteiger partial charge is 0.350 e. The Morgan fingerprint density at radius 2 is 2.05 bits per heavy atom. The van der Waals surface area contributed by atoms with Crippen molar-refractivity contribution in [2.75, 3.05) is 12.4 Å². The van der Waals surface area contributed by atoms with Crippen LogP contribution < -0.4 is 10.6 Å². The third-order valence-electron chi connectivity index (χ3n) is 2.62. The Morgan fingerprint density at radius 3 is 2.70 bits per heavy atom. The first-order chi connectivity index (χ1) is 9.52. The van der Waals surface area contributed by atoms with Crippen molar-refractivity contribution in [1.29, 1.82) is 0 Å². The molecule has 0 saturated carbocycles. The van der Waals surface area contributed by atoms with E-state index in [2.05, 4.69) is 10.6 Å². The van der Waals surface area contributed by atoms with E-state index >= 15 is 0 Å². The number of carbonyl (C=O) groups excluding carboxylic acids is 1. The van der Waals surface area contributed by atoms with Gasteiger partial charge in [0, 0.05) is 16.1 Å². The summed E-state index contributed by atoms with van der Waals surface area (Å²) in [6.07, 6.45) is 0. The highest BCUT2D eigenvalue weighted by Gasteiger charge is 2.19. The molecule has 6 heteroatoms. The maximum Gasteiger partial charge on any atom is 0.350 e. The zero-order valence-corrected chi connectivity index (χ0v) is 13.2. The quantitative estimate of drug-likeness (QED) is 0.672. The van der Waals surface area contributed by atoms with Crippen LogP contribution in [0, 0.1) is 0 Å². The normalized spacial score (nSPS) is 10.6. The Morgan fingerprint density at radius 1 is 1.35 bits per heavy atom. The first-order valence-corrected chi connectivity index (χ1v) is 7.42. The number of esters is 1. The molecule has 2 rings (SSSR count). The highest BCUT2D eigenvalue weighted by atomic mass is 32.1. The number of hydrogen-bond acceptors (Lipinski definition) is 4. The van der Waals surface area contributed by atoms with E-state index in [1.54, 1.807) is 0 Å². The summed E-state index contributed by atoms with van der Waals surface area (Å²) in [6, 6.07) is 8.02. The van der Waals surface area contributed by atoms with E-state index in [1.807, 2.05) is 38.1 Å². The van der Waals surface area contributed by atoms with Crippen LogP contribution in [0.3, 0.4) is 0 Å². The van der Waals surface area contributed by atoms with E-state index < -0.39 is 0 Å². The van der Waals surface area contributed by atoms with Crippen LogP contribution in [0.1, 0.15) is 23.5 Å². The summed E-state index contributed by atoms with van der Waals surface area (Å²) >= 11 is 6.65. The van der Waals surface area contributed by atoms with Gasteiger partial charge in [0.15, 0.2) is 5.11 Å². The van der Waals surface area contributed by atoms with Crippen LogP contribution in [0.4, 0.5) is 5.69 Å². The predicted octanol–water partition coefficient (Wildman–Crippen LogP) is 3.38. The molecule has 0 atom stereocenters. The van der Waals surface area contributed by atoms with Crippen molar-refractivity contribution in [2.45, 2.75) is 19.9 Å². The molecule has 20 heavy (non-hydrogen) atoms. The molecule has 0 fully saturated rings. The molecule has 2 N–H and O–H groups in total. The third-order valence-corrected chi connectivity index (χ3v) is 4.00. The van der Waals surface area contributed by atoms with Crippen molar-refractivity contribution in [3.05, 3.63) is 29.1 Å². The van der Waals surface area contributed by atoms with Crippen molar-refractivity contribution >= 4 is 50.4 Å². The summed E-state index contributed by atoms with van der Waals surface area (Å²) in [5.74, 6) is -0.360. The number of anilines is 1. The van der Waals surface area contributed by atoms with Crippen LogP contribution in [-0.2, 0) is 4.74 Å². The maximum atomic E-state index is 11.9. The lowest BCUT2D eigenvalue weighted by Crippen LogP contribution is -2.34. The largest absolute Gasteiger partial charge is 0.465 e. The van der Waals surface area contributed by atoms with Gasteiger partial charge in [-0.1, -0.05) is 18.2 Å². The van der Waals surface area contributed by atoms with Crippen LogP contribution in [0.15, 0.2) is 24.3 Å². The number of benzene rings is 1. The van der Waals surface area contributed by atoms with Crippen LogP contribution in [0.25, 0.3) is 10.1 Å². The van der Waals surface area contributed by atoms with Crippen molar-refractivity contribution in [1.82, 2.24) is 5.32 Å². The van der Waals surface area contributed by atoms with E-state index in [0.29, 0.717) is 15.7 Å². The summed E-state index contributed by atoms with van der Waals surface area (Å²) in [6.45, 7) is 4.00. The van der Waals surface area contributed by atoms with E-state index in [9.17, 15) is 4.79 Å². The minimum Gasteiger partial charge on any atom is -0.465 e. The average molecular weight is 308 g/mol. The Labute approximate surface area is 127 Å². The summed E-state index contributed by atoms with van der Waals surface area (Å²) in [5.41, 5.74) is 0.704. The zero-order chi connectivity index (χ0) is 14.7. The third kappa shape index (κ3) is 3.08. The molecule has 4 nitrogen and oxygen atoms in total. The molecule has 0 spiro atoms. The van der Waals surface area contributed by atoms with Gasteiger partial charge in [0.05, 0.1) is 12.8 Å². The van der Waals surface area contributed by atoms with Gasteiger partial charge in [-0.15, -0.1) is 11.3 Å². The van der Waals surface area contributed by atoms with Crippen molar-refractivity contribution in [2.24, 2.45) is 0 Å². The first kappa shape index (κ1) is 14.7. The molecule has 1 heterocycles. The number of thiophene rings is 1. The van der Waals surface area contributed by atoms with Gasteiger partial charge in [0.2, 0.25) is 0 Å². The number of methoxy groups -OCH3 is 1. The molecule has 0 radical (unpaired) electrons. The Kier molecular flexibility index (Phi) is 4.57. The average Bonchev–Trinajstić information content (AvgIpc) is 2.76. The summed E-state index contributed by atoms with van der Waals surface area (Å²) in [4.78, 5) is 12.4. The number of carbonyl (C=O) groups is 1. The predicted molar refractivity (Wildman–Crippen MR) is 87.7 cm³/mol. The number of rotatable bonds is 3. The molecule has 0 bridgehead atoms. The van der Waals surface area contributed by atoms with Crippen molar-refractivity contribution in [3.63, 3.8) is 0 Å². The van der Waals surface area contributed by atoms with Gasteiger partial charge in [-0.3, -0.25) is 0 Å². The van der Waals surface area contributed by atoms with Gasteiger partial charge in [0.25, 0.3) is 0 Å². The van der Waals surface area contributed by atoms with E-state index in [-0.39, 0.29) is 12.0 Å². The number of ether oxygens (including phenoxy) is 1. The fraction of sp³-hybridized carbons (Fsp3) is 0.286. The lowest BCUT2D eigenvalue weighted by molar-refractivity contribution is 0.0607. The molecule has 2 aromatic rings. The molecular weight excluding hydrogens is 292 g/mol. The molecule has 0 aliphatic carbocycles. The topological polar surface area (TPSA) is 50.4 Å². The Bertz CT molecular complexity index is 650. The number of thiocarbonyl (C=S) groups is 1. The van der Waals surface area contributed by atoms with E-state index in [1.165, 1.54) is 18.4 Å². The van der Waals surface area contributed by atoms with Gasteiger partial charge in [-0.2, -0.15) is 0 Å². The van der Waals surface area contributed by atoms with Gasteiger partial charge in [-0.05, 0) is 32.1 Å². The van der Waals surface area contributed by atoms with Crippen molar-refractivity contribution in [3.8, 4) is 0 Å². The van der Waals surface area contributed by atoms with Gasteiger partial charge < -0.3 is 15.4 Å². The van der Waals surface area contributed by atoms with Gasteiger partial charge in [0.1, 0.15) is 4.88 Å². The summed E-state index contributed by atoms with van der Waals surface area (Å²) in [5, 5.41) is 7.67. The van der Waals surface area contributed by atoms with Crippen LogP contribution in [-0.4, -0.2) is 24.2 Å². The summed E-state index contributed by atoms with van der Waals surface area (Å²) < 4.78 is 5.85. The minimum absolute atomic E-state index is 0.224. The standard InChI is InChI=1S/C14H16N2O2S2/c1-8(2)15-14(19)16-11-9-6-4-5-7-10(9)20-12(11)13(17)18-3/h4-8H,1-3H3,(H2,15,16,19). The van der Waals surface area contributed by atoms with Crippen LogP contribution in [0.5, 0.6) is 0 Å². The number of nitrogens with one attached hydrogen (secondary N) is 2. The van der Waals surface area contributed by atoms with Crippen LogP contribution in [0.2, 0.25) is 0 Å². The lowest BCUT2D eigenvalue weighted by atomic mass is 10.2. The minimum atomic E-state index is -0.360. The van der Waals surface area contributed by atoms with Crippen molar-refractivity contribution < 1.29 is 9.53 Å². The molecular formula is C14H16N2O2S2. The van der Waals surface area contributed by atoms with E-state index in [4.69, 9.17) is 17.0 Å². The maximum absolute atomic E-state index is 11.9. The second-order valence-electron chi connectivity index (χ2n) is 4.55. The highest BCUT2D eigenvalue weighted by Crippen LogP contribution is 2.36. The number of fused-ring (bicyclic) bond motifs is 1. The second kappa shape index (κ2) is 6.19. The fourth-order valence-electron chi connectivity index (χ4n) is 1.82. The number of hydrogen-bond donors (Lipinski definition) is 2. The molecule has 0 amide bonds. The van der Waals surface area contributed by atoms with Crippen LogP contribution >= 0.6 is 23.6 Å². The fourth-order valence-corrected chi connectivity index (χ4v) is 3.23. The molecule has 1 aromatic heterocycles. The second-order valence-corrected chi connectivity index (χ2v) is 6.01. The molecule has 0 aliphatic rings. The Balaban J connectivity index is 2.43. The lowest BCUT2D eigenvalue weighted by Gasteiger charge is -2.13. The van der Waals surface area contributed by atoms with Gasteiger partial charge >= 0.3 is 5.97 Å². The monoisotopic (exact) mass is 308 g/mol. The SMILES string of the molecule is COC(=O)c1sc2ccccc2c1NC(=S)NC(C)C. The Hall–Kier alpha value is -1.66. The molecule has 0 unspecified atom stereocenters.